The van der Waals surface area contributed by atoms with Gasteiger partial charge in [-0.15, -0.1) is 26.3 Å². The van der Waals surface area contributed by atoms with E-state index in [0.717, 1.165) is 0 Å². The van der Waals surface area contributed by atoms with Gasteiger partial charge in [-0.05, 0) is 0 Å². The minimum atomic E-state index is 0. The molecule has 0 bridgehead atoms. The zero-order valence-corrected chi connectivity index (χ0v) is 3.83. The fourth-order valence-electron chi connectivity index (χ4n) is 0. The van der Waals surface area contributed by atoms with Gasteiger partial charge in [0.1, 0.15) is 0 Å². The second-order valence-electron chi connectivity index (χ2n) is 0. The predicted octanol–water partition coefficient (Wildman–Crippen LogP) is 1.22. The molecule has 0 heterocycles. The zero-order valence-electron chi connectivity index (χ0n) is 3.83. The average Bonchev–Trinajstić information content (AvgIpc) is 1.50. The average molecular weight is 63.0 g/mol. The molecule has 0 saturated carbocycles. The summed E-state index contributed by atoms with van der Waals surface area (Å²) in [6.45, 7) is 12.0. The van der Waals surface area contributed by atoms with E-state index in [2.05, 4.69) is 26.3 Å². The third-order valence-corrected chi connectivity index (χ3v) is 0. The molecule has 0 aliphatic carbocycles. The summed E-state index contributed by atoms with van der Waals surface area (Å²) in [7, 11) is 0. The molecular formula is C4H8Li. The number of rotatable bonds is 0. The molecule has 0 unspecified atom stereocenters. The first kappa shape index (κ1) is 19.6. The Hall–Kier alpha value is 0.0774. The summed E-state index contributed by atoms with van der Waals surface area (Å²) in [5.74, 6) is 0. The van der Waals surface area contributed by atoms with Crippen LogP contribution in [0.2, 0.25) is 0 Å². The van der Waals surface area contributed by atoms with E-state index in [9.17, 15) is 0 Å². The first-order valence-electron chi connectivity index (χ1n) is 1.000. The van der Waals surface area contributed by atoms with Crippen molar-refractivity contribution >= 4 is 18.9 Å². The molecule has 0 fully saturated rings. The summed E-state index contributed by atoms with van der Waals surface area (Å²) in [4.78, 5) is 0. The van der Waals surface area contributed by atoms with Gasteiger partial charge in [-0.2, -0.15) is 0 Å². The van der Waals surface area contributed by atoms with Gasteiger partial charge in [-0.3, -0.25) is 0 Å². The second-order valence-corrected chi connectivity index (χ2v) is 0. The van der Waals surface area contributed by atoms with E-state index in [1.807, 2.05) is 0 Å². The van der Waals surface area contributed by atoms with Crippen LogP contribution >= 0.6 is 0 Å². The minimum Gasteiger partial charge on any atom is -0.106 e. The van der Waals surface area contributed by atoms with Crippen LogP contribution < -0.4 is 0 Å². The van der Waals surface area contributed by atoms with E-state index >= 15 is 0 Å². The molecule has 1 radical (unpaired) electrons. The molecule has 0 aromatic carbocycles. The van der Waals surface area contributed by atoms with Gasteiger partial charge in [0.2, 0.25) is 0 Å². The summed E-state index contributed by atoms with van der Waals surface area (Å²) in [6.07, 6.45) is 0. The third-order valence-electron chi connectivity index (χ3n) is 0. The summed E-state index contributed by atoms with van der Waals surface area (Å²) in [6, 6.07) is 0. The molecule has 0 aromatic heterocycles. The maximum atomic E-state index is 3.00. The van der Waals surface area contributed by atoms with E-state index < -0.39 is 0 Å². The molecule has 25 valence electrons. The second kappa shape index (κ2) is 6450. The van der Waals surface area contributed by atoms with Crippen LogP contribution in [0.25, 0.3) is 0 Å². The van der Waals surface area contributed by atoms with E-state index in [1.54, 1.807) is 0 Å². The van der Waals surface area contributed by atoms with Gasteiger partial charge in [-0.1, -0.05) is 0 Å². The normalized spacial score (nSPS) is 1.60. The van der Waals surface area contributed by atoms with Crippen LogP contribution in [0.15, 0.2) is 26.3 Å². The molecule has 0 aromatic rings. The molecule has 0 nitrogen and oxygen atoms in total. The van der Waals surface area contributed by atoms with Gasteiger partial charge in [0.15, 0.2) is 0 Å². The number of hydrogen-bond acceptors (Lipinski definition) is 0. The molecule has 0 atom stereocenters. The Kier molecular flexibility index (Phi) is 25200. The fraction of sp³-hybridized carbons (Fsp3) is 0. The topological polar surface area (TPSA) is 0 Å². The van der Waals surface area contributed by atoms with Crippen LogP contribution in [0.1, 0.15) is 0 Å². The standard InChI is InChI=1S/2C2H4.Li/c2*1-2;/h2*1-2H2;. The van der Waals surface area contributed by atoms with Crippen molar-refractivity contribution in [2.75, 3.05) is 0 Å². The Balaban J connectivity index is -0.0000000133. The molecule has 0 aliphatic heterocycles. The Morgan fingerprint density at radius 3 is 0.600 bits per heavy atom. The monoisotopic (exact) mass is 63.1 g/mol. The van der Waals surface area contributed by atoms with Crippen LogP contribution in [0.4, 0.5) is 0 Å². The summed E-state index contributed by atoms with van der Waals surface area (Å²) in [5, 5.41) is 0. The SMILES string of the molecule is C=C.C=C.[Li]. The third kappa shape index (κ3) is 2940. The van der Waals surface area contributed by atoms with E-state index in [0.29, 0.717) is 0 Å². The van der Waals surface area contributed by atoms with Crippen molar-refractivity contribution in [3.63, 3.8) is 0 Å². The Morgan fingerprint density at radius 1 is 0.600 bits per heavy atom. The molecule has 5 heavy (non-hydrogen) atoms. The Morgan fingerprint density at radius 2 is 0.600 bits per heavy atom. The first-order valence-corrected chi connectivity index (χ1v) is 1.000. The minimum absolute atomic E-state index is 0. The van der Waals surface area contributed by atoms with Crippen molar-refractivity contribution in [3.05, 3.63) is 26.3 Å². The van der Waals surface area contributed by atoms with Crippen molar-refractivity contribution in [2.45, 2.75) is 0 Å². The van der Waals surface area contributed by atoms with Gasteiger partial charge in [-0.25, -0.2) is 0 Å². The summed E-state index contributed by atoms with van der Waals surface area (Å²) < 4.78 is 0. The van der Waals surface area contributed by atoms with Gasteiger partial charge in [0, 0.05) is 18.9 Å². The van der Waals surface area contributed by atoms with Crippen molar-refractivity contribution < 1.29 is 0 Å². The maximum Gasteiger partial charge on any atom is 0 e. The fourth-order valence-corrected chi connectivity index (χ4v) is 0. The van der Waals surface area contributed by atoms with E-state index in [-0.39, 0.29) is 18.9 Å². The molecule has 0 amide bonds. The smallest absolute Gasteiger partial charge is 0 e. The molecule has 0 spiro atoms. The van der Waals surface area contributed by atoms with Crippen molar-refractivity contribution in [2.24, 2.45) is 0 Å². The van der Waals surface area contributed by atoms with Gasteiger partial charge in [0.25, 0.3) is 0 Å². The zero-order chi connectivity index (χ0) is 4.00. The number of hydrogen-bond donors (Lipinski definition) is 0. The molecule has 0 saturated heterocycles. The molecule has 1 heteroatoms. The molecule has 0 aliphatic rings. The summed E-state index contributed by atoms with van der Waals surface area (Å²) >= 11 is 0. The van der Waals surface area contributed by atoms with Gasteiger partial charge in [0.05, 0.1) is 0 Å². The molecular weight excluding hydrogens is 55.0 g/mol. The molecule has 0 N–H and O–H groups in total. The van der Waals surface area contributed by atoms with Crippen LogP contribution in [0.5, 0.6) is 0 Å². The predicted molar refractivity (Wildman–Crippen MR) is 28.3 cm³/mol. The van der Waals surface area contributed by atoms with E-state index in [1.165, 1.54) is 0 Å². The van der Waals surface area contributed by atoms with Crippen LogP contribution in [-0.2, 0) is 0 Å². The van der Waals surface area contributed by atoms with Crippen LogP contribution in [-0.4, -0.2) is 18.9 Å². The van der Waals surface area contributed by atoms with E-state index in [4.69, 9.17) is 0 Å². The Bertz CT molecular complexity index is 5.61. The maximum absolute atomic E-state index is 3.00. The van der Waals surface area contributed by atoms with Crippen molar-refractivity contribution in [3.8, 4) is 0 Å². The van der Waals surface area contributed by atoms with Crippen LogP contribution in [0.3, 0.4) is 0 Å². The van der Waals surface area contributed by atoms with Gasteiger partial charge < -0.3 is 0 Å². The van der Waals surface area contributed by atoms with Crippen LogP contribution in [0, 0.1) is 0 Å². The largest absolute Gasteiger partial charge is 0.106 e. The molecule has 0 rings (SSSR count). The van der Waals surface area contributed by atoms with Crippen molar-refractivity contribution in [1.82, 2.24) is 0 Å². The quantitative estimate of drug-likeness (QED) is 0.293. The Labute approximate surface area is 45.8 Å². The van der Waals surface area contributed by atoms with Gasteiger partial charge >= 0.3 is 0 Å². The first-order chi connectivity index (χ1) is 2.00. The summed E-state index contributed by atoms with van der Waals surface area (Å²) in [5.41, 5.74) is 0. The van der Waals surface area contributed by atoms with Crippen molar-refractivity contribution in [1.29, 1.82) is 0 Å².